The predicted octanol–water partition coefficient (Wildman–Crippen LogP) is 1.59. The van der Waals surface area contributed by atoms with Gasteiger partial charge in [0.15, 0.2) is 0 Å². The van der Waals surface area contributed by atoms with Crippen molar-refractivity contribution in [3.05, 3.63) is 36.0 Å². The van der Waals surface area contributed by atoms with E-state index >= 15 is 0 Å². The summed E-state index contributed by atoms with van der Waals surface area (Å²) >= 11 is 0. The summed E-state index contributed by atoms with van der Waals surface area (Å²) < 4.78 is 0. The molecule has 23 heavy (non-hydrogen) atoms. The maximum absolute atomic E-state index is 12.6. The van der Waals surface area contributed by atoms with Crippen LogP contribution >= 0.6 is 0 Å². The van der Waals surface area contributed by atoms with Gasteiger partial charge in [-0.25, -0.2) is 0 Å². The van der Waals surface area contributed by atoms with Crippen LogP contribution in [0.15, 0.2) is 30.5 Å². The molecule has 2 aromatic rings. The van der Waals surface area contributed by atoms with Crippen molar-refractivity contribution in [3.8, 4) is 0 Å². The number of carbonyl (C=O) groups excluding carboxylic acids is 1. The van der Waals surface area contributed by atoms with Gasteiger partial charge in [0.1, 0.15) is 0 Å². The average Bonchev–Trinajstić information content (AvgIpc) is 2.97. The largest absolute Gasteiger partial charge is 0.361 e. The maximum Gasteiger partial charge on any atom is 0.239 e. The Morgan fingerprint density at radius 2 is 2.04 bits per heavy atom. The molecule has 1 atom stereocenters. The number of amides is 1. The summed E-state index contributed by atoms with van der Waals surface area (Å²) in [6.45, 7) is 1.62. The fourth-order valence-electron chi connectivity index (χ4n) is 3.46. The van der Waals surface area contributed by atoms with Gasteiger partial charge < -0.3 is 20.5 Å². The number of H-pyrrole nitrogens is 1. The van der Waals surface area contributed by atoms with Crippen molar-refractivity contribution in [3.63, 3.8) is 0 Å². The summed E-state index contributed by atoms with van der Waals surface area (Å²) in [5.74, 6) is 0.0764. The highest BCUT2D eigenvalue weighted by atomic mass is 16.2. The molecule has 3 rings (SSSR count). The second kappa shape index (κ2) is 6.72. The summed E-state index contributed by atoms with van der Waals surface area (Å²) in [6.07, 6.45) is 4.60. The van der Waals surface area contributed by atoms with Gasteiger partial charge in [0.25, 0.3) is 0 Å². The molecule has 0 spiro atoms. The van der Waals surface area contributed by atoms with E-state index in [0.717, 1.165) is 42.4 Å². The number of fused-ring (bicyclic) bond motifs is 1. The van der Waals surface area contributed by atoms with E-state index in [2.05, 4.69) is 30.0 Å². The molecule has 5 nitrogen and oxygen atoms in total. The van der Waals surface area contributed by atoms with E-state index in [1.54, 1.807) is 0 Å². The second-order valence-corrected chi connectivity index (χ2v) is 6.69. The monoisotopic (exact) mass is 314 g/mol. The molecule has 1 saturated heterocycles. The number of carbonyl (C=O) groups is 1. The molecule has 1 fully saturated rings. The molecule has 0 aliphatic carbocycles. The molecule has 0 unspecified atom stereocenters. The van der Waals surface area contributed by atoms with Crippen LogP contribution in [0.2, 0.25) is 0 Å². The first-order chi connectivity index (χ1) is 11.1. The molecule has 1 aliphatic heterocycles. The minimum absolute atomic E-state index is 0.0764. The number of para-hydroxylation sites is 1. The van der Waals surface area contributed by atoms with Crippen LogP contribution in [0.5, 0.6) is 0 Å². The Balaban J connectivity index is 1.62. The van der Waals surface area contributed by atoms with Crippen LogP contribution in [0.25, 0.3) is 10.9 Å². The van der Waals surface area contributed by atoms with Crippen LogP contribution in [-0.4, -0.2) is 60.0 Å². The standard InChI is InChI=1S/C18H26N4O/c1-21(2)14-7-9-22(10-8-14)18(23)16(19)11-13-12-20-17-6-4-3-5-15(13)17/h3-6,12,14,16,20H,7-11,19H2,1-2H3/t16-/m0/s1. The summed E-state index contributed by atoms with van der Waals surface area (Å²) in [6, 6.07) is 8.23. The molecule has 1 aliphatic rings. The second-order valence-electron chi connectivity index (χ2n) is 6.69. The van der Waals surface area contributed by atoms with Crippen molar-refractivity contribution >= 4 is 16.8 Å². The third-order valence-corrected chi connectivity index (χ3v) is 4.94. The highest BCUT2D eigenvalue weighted by molar-refractivity contribution is 5.86. The zero-order valence-electron chi connectivity index (χ0n) is 14.0. The molecule has 1 aromatic carbocycles. The Hall–Kier alpha value is -1.85. The Morgan fingerprint density at radius 3 is 2.74 bits per heavy atom. The topological polar surface area (TPSA) is 65.4 Å². The molecule has 5 heteroatoms. The number of benzene rings is 1. The lowest BCUT2D eigenvalue weighted by Crippen LogP contribution is -2.50. The molecule has 0 bridgehead atoms. The Morgan fingerprint density at radius 1 is 1.35 bits per heavy atom. The fourth-order valence-corrected chi connectivity index (χ4v) is 3.46. The van der Waals surface area contributed by atoms with E-state index in [4.69, 9.17) is 5.73 Å². The summed E-state index contributed by atoms with van der Waals surface area (Å²) in [4.78, 5) is 20.0. The molecular formula is C18H26N4O. The smallest absolute Gasteiger partial charge is 0.239 e. The SMILES string of the molecule is CN(C)C1CCN(C(=O)[C@@H](N)Cc2c[nH]c3ccccc23)CC1. The van der Waals surface area contributed by atoms with Gasteiger partial charge in [0, 0.05) is 36.2 Å². The van der Waals surface area contributed by atoms with Crippen LogP contribution in [0.4, 0.5) is 0 Å². The van der Waals surface area contributed by atoms with Crippen LogP contribution in [0.3, 0.4) is 0 Å². The van der Waals surface area contributed by atoms with E-state index < -0.39 is 6.04 Å². The highest BCUT2D eigenvalue weighted by Crippen LogP contribution is 2.20. The van der Waals surface area contributed by atoms with Gasteiger partial charge in [0.2, 0.25) is 5.91 Å². The van der Waals surface area contributed by atoms with Crippen LogP contribution in [0.1, 0.15) is 18.4 Å². The number of nitrogens with two attached hydrogens (primary N) is 1. The number of nitrogens with zero attached hydrogens (tertiary/aromatic N) is 2. The Bertz CT molecular complexity index is 670. The normalized spacial score (nSPS) is 17.8. The zero-order chi connectivity index (χ0) is 16.4. The third-order valence-electron chi connectivity index (χ3n) is 4.94. The minimum atomic E-state index is -0.467. The first-order valence-electron chi connectivity index (χ1n) is 8.32. The van der Waals surface area contributed by atoms with E-state index in [9.17, 15) is 4.79 Å². The predicted molar refractivity (Wildman–Crippen MR) is 93.3 cm³/mol. The van der Waals surface area contributed by atoms with Crippen LogP contribution in [0, 0.1) is 0 Å². The number of hydrogen-bond acceptors (Lipinski definition) is 3. The first-order valence-corrected chi connectivity index (χ1v) is 8.32. The van der Waals surface area contributed by atoms with Crippen molar-refractivity contribution < 1.29 is 4.79 Å². The molecule has 3 N–H and O–H groups in total. The Kier molecular flexibility index (Phi) is 4.68. The summed E-state index contributed by atoms with van der Waals surface area (Å²) in [5, 5.41) is 1.15. The quantitative estimate of drug-likeness (QED) is 0.901. The highest BCUT2D eigenvalue weighted by Gasteiger charge is 2.27. The van der Waals surface area contributed by atoms with E-state index in [1.807, 2.05) is 29.3 Å². The van der Waals surface area contributed by atoms with Crippen LogP contribution in [-0.2, 0) is 11.2 Å². The molecule has 124 valence electrons. The first kappa shape index (κ1) is 16.0. The van der Waals surface area contributed by atoms with Crippen LogP contribution < -0.4 is 5.73 Å². The van der Waals surface area contributed by atoms with Crippen molar-refractivity contribution in [2.45, 2.75) is 31.3 Å². The number of aromatic amines is 1. The maximum atomic E-state index is 12.6. The number of hydrogen-bond donors (Lipinski definition) is 2. The van der Waals surface area contributed by atoms with Gasteiger partial charge in [0.05, 0.1) is 6.04 Å². The van der Waals surface area contributed by atoms with Crippen molar-refractivity contribution in [2.24, 2.45) is 5.73 Å². The van der Waals surface area contributed by atoms with Crippen molar-refractivity contribution in [2.75, 3.05) is 27.2 Å². The lowest BCUT2D eigenvalue weighted by Gasteiger charge is -2.36. The third kappa shape index (κ3) is 3.41. The number of rotatable bonds is 4. The number of piperidine rings is 1. The number of likely N-dealkylation sites (tertiary alicyclic amines) is 1. The minimum Gasteiger partial charge on any atom is -0.361 e. The van der Waals surface area contributed by atoms with E-state index in [1.165, 1.54) is 0 Å². The number of aromatic nitrogens is 1. The number of nitrogens with one attached hydrogen (secondary N) is 1. The van der Waals surface area contributed by atoms with Gasteiger partial charge >= 0.3 is 0 Å². The Labute approximate surface area is 137 Å². The van der Waals surface area contributed by atoms with Gasteiger partial charge in [-0.05, 0) is 45.0 Å². The van der Waals surface area contributed by atoms with Gasteiger partial charge in [-0.3, -0.25) is 4.79 Å². The van der Waals surface area contributed by atoms with E-state index in [-0.39, 0.29) is 5.91 Å². The molecule has 2 heterocycles. The molecule has 0 saturated carbocycles. The van der Waals surface area contributed by atoms with Crippen molar-refractivity contribution in [1.82, 2.24) is 14.8 Å². The average molecular weight is 314 g/mol. The lowest BCUT2D eigenvalue weighted by molar-refractivity contribution is -0.134. The fraction of sp³-hybridized carbons (Fsp3) is 0.500. The molecule has 1 amide bonds. The summed E-state index contributed by atoms with van der Waals surface area (Å²) in [7, 11) is 4.20. The van der Waals surface area contributed by atoms with E-state index in [0.29, 0.717) is 12.5 Å². The lowest BCUT2D eigenvalue weighted by atomic mass is 10.0. The van der Waals surface area contributed by atoms with Crippen molar-refractivity contribution in [1.29, 1.82) is 0 Å². The molecular weight excluding hydrogens is 288 g/mol. The van der Waals surface area contributed by atoms with Gasteiger partial charge in [-0.2, -0.15) is 0 Å². The summed E-state index contributed by atoms with van der Waals surface area (Å²) in [5.41, 5.74) is 8.42. The van der Waals surface area contributed by atoms with Gasteiger partial charge in [-0.1, -0.05) is 18.2 Å². The van der Waals surface area contributed by atoms with Gasteiger partial charge in [-0.15, -0.1) is 0 Å². The zero-order valence-corrected chi connectivity index (χ0v) is 14.0. The molecule has 0 radical (unpaired) electrons. The molecule has 1 aromatic heterocycles.